The van der Waals surface area contributed by atoms with Crippen LogP contribution in [0.3, 0.4) is 0 Å². The van der Waals surface area contributed by atoms with Gasteiger partial charge in [0.05, 0.1) is 11.1 Å². The molecule has 0 atom stereocenters. The zero-order chi connectivity index (χ0) is 14.8. The maximum Gasteiger partial charge on any atom is 0.133 e. The van der Waals surface area contributed by atoms with Crippen LogP contribution in [0.1, 0.15) is 19.4 Å². The molecule has 0 radical (unpaired) electrons. The molecule has 0 spiro atoms. The van der Waals surface area contributed by atoms with E-state index in [1.54, 1.807) is 0 Å². The number of anilines is 1. The zero-order valence-corrected chi connectivity index (χ0v) is 12.6. The van der Waals surface area contributed by atoms with Crippen molar-refractivity contribution in [2.45, 2.75) is 26.0 Å². The van der Waals surface area contributed by atoms with E-state index in [1.807, 2.05) is 51.0 Å². The maximum atomic E-state index is 10.00. The Morgan fingerprint density at radius 1 is 1.30 bits per heavy atom. The van der Waals surface area contributed by atoms with Crippen LogP contribution < -0.4 is 10.2 Å². The van der Waals surface area contributed by atoms with Gasteiger partial charge in [-0.2, -0.15) is 0 Å². The summed E-state index contributed by atoms with van der Waals surface area (Å²) in [5.41, 5.74) is 1.36. The van der Waals surface area contributed by atoms with Gasteiger partial charge in [0, 0.05) is 31.1 Å². The highest BCUT2D eigenvalue weighted by atomic mass is 16.3. The molecule has 2 aromatic rings. The molecule has 0 fully saturated rings. The topological polar surface area (TPSA) is 48.4 Å². The number of nitrogens with zero attached hydrogens (tertiary/aromatic N) is 2. The van der Waals surface area contributed by atoms with Crippen molar-refractivity contribution in [3.63, 3.8) is 0 Å². The summed E-state index contributed by atoms with van der Waals surface area (Å²) in [7, 11) is 3.89. The first-order valence-electron chi connectivity index (χ1n) is 6.87. The van der Waals surface area contributed by atoms with Crippen LogP contribution >= 0.6 is 0 Å². The Morgan fingerprint density at radius 3 is 2.65 bits per heavy atom. The summed E-state index contributed by atoms with van der Waals surface area (Å²) >= 11 is 0. The molecular formula is C16H23N3O. The van der Waals surface area contributed by atoms with E-state index < -0.39 is 5.60 Å². The summed E-state index contributed by atoms with van der Waals surface area (Å²) in [6.45, 7) is 4.91. The van der Waals surface area contributed by atoms with E-state index in [2.05, 4.69) is 17.4 Å². The van der Waals surface area contributed by atoms with Crippen LogP contribution in [0.15, 0.2) is 30.3 Å². The van der Waals surface area contributed by atoms with E-state index in [9.17, 15) is 5.11 Å². The minimum absolute atomic E-state index is 0.537. The molecule has 0 saturated carbocycles. The maximum absolute atomic E-state index is 10.00. The Morgan fingerprint density at radius 2 is 2.00 bits per heavy atom. The number of aromatic nitrogens is 1. The lowest BCUT2D eigenvalue weighted by molar-refractivity contribution is 0.0884. The van der Waals surface area contributed by atoms with E-state index in [0.29, 0.717) is 6.54 Å². The molecule has 0 bridgehead atoms. The number of benzene rings is 1. The molecule has 1 aromatic carbocycles. The molecule has 0 aliphatic rings. The van der Waals surface area contributed by atoms with Crippen LogP contribution in [-0.4, -0.2) is 36.3 Å². The van der Waals surface area contributed by atoms with Crippen LogP contribution in [-0.2, 0) is 6.54 Å². The molecule has 108 valence electrons. The number of nitrogens with one attached hydrogen (secondary N) is 1. The summed E-state index contributed by atoms with van der Waals surface area (Å²) in [5.74, 6) is 0.917. The lowest BCUT2D eigenvalue weighted by Crippen LogP contribution is -2.37. The van der Waals surface area contributed by atoms with E-state index in [-0.39, 0.29) is 0 Å². The quantitative estimate of drug-likeness (QED) is 0.876. The van der Waals surface area contributed by atoms with Crippen LogP contribution in [0.5, 0.6) is 0 Å². The Hall–Kier alpha value is -1.65. The number of likely N-dealkylation sites (N-methyl/N-ethyl adjacent to an activating group) is 1. The molecule has 0 unspecified atom stereocenters. The monoisotopic (exact) mass is 273 g/mol. The average Bonchev–Trinajstić information content (AvgIpc) is 2.36. The van der Waals surface area contributed by atoms with Gasteiger partial charge in [-0.25, -0.2) is 4.98 Å². The Kier molecular flexibility index (Phi) is 4.26. The van der Waals surface area contributed by atoms with Gasteiger partial charge in [-0.15, -0.1) is 0 Å². The molecule has 1 aromatic heterocycles. The Balaban J connectivity index is 2.46. The summed E-state index contributed by atoms with van der Waals surface area (Å²) in [6.07, 6.45) is 0. The molecule has 0 aliphatic heterocycles. The Labute approximate surface area is 120 Å². The van der Waals surface area contributed by atoms with Gasteiger partial charge < -0.3 is 15.3 Å². The van der Waals surface area contributed by atoms with Crippen LogP contribution in [0.2, 0.25) is 0 Å². The predicted octanol–water partition coefficient (Wildman–Crippen LogP) is 2.16. The molecule has 0 aliphatic carbocycles. The number of hydrogen-bond acceptors (Lipinski definition) is 4. The van der Waals surface area contributed by atoms with E-state index in [4.69, 9.17) is 4.98 Å². The van der Waals surface area contributed by atoms with Crippen LogP contribution in [0, 0.1) is 0 Å². The standard InChI is InChI=1S/C16H23N3O/c1-16(2,20)11-19(4)15-13(10-17-3)9-12-7-5-6-8-14(12)18-15/h5-9,17,20H,10-11H2,1-4H3. The lowest BCUT2D eigenvalue weighted by atomic mass is 10.1. The van der Waals surface area contributed by atoms with Crippen molar-refractivity contribution < 1.29 is 5.11 Å². The SMILES string of the molecule is CNCc1cc2ccccc2nc1N(C)CC(C)(C)O. The van der Waals surface area contributed by atoms with Crippen molar-refractivity contribution in [3.8, 4) is 0 Å². The second-order valence-corrected chi connectivity index (χ2v) is 5.86. The summed E-state index contributed by atoms with van der Waals surface area (Å²) in [5, 5.41) is 14.3. The molecule has 20 heavy (non-hydrogen) atoms. The van der Waals surface area contributed by atoms with E-state index in [0.717, 1.165) is 28.8 Å². The van der Waals surface area contributed by atoms with Crippen LogP contribution in [0.25, 0.3) is 10.9 Å². The molecule has 2 N–H and O–H groups in total. The average molecular weight is 273 g/mol. The fourth-order valence-electron chi connectivity index (χ4n) is 2.46. The van der Waals surface area contributed by atoms with Gasteiger partial charge >= 0.3 is 0 Å². The van der Waals surface area contributed by atoms with Crippen molar-refractivity contribution in [2.24, 2.45) is 0 Å². The fraction of sp³-hybridized carbons (Fsp3) is 0.438. The number of rotatable bonds is 5. The minimum atomic E-state index is -0.751. The first-order chi connectivity index (χ1) is 9.40. The molecular weight excluding hydrogens is 250 g/mol. The van der Waals surface area contributed by atoms with Crippen molar-refractivity contribution in [3.05, 3.63) is 35.9 Å². The molecule has 2 rings (SSSR count). The number of aliphatic hydroxyl groups is 1. The van der Waals surface area contributed by atoms with Gasteiger partial charge in [-0.05, 0) is 33.0 Å². The van der Waals surface area contributed by atoms with Crippen molar-refractivity contribution in [1.29, 1.82) is 0 Å². The highest BCUT2D eigenvalue weighted by molar-refractivity contribution is 5.81. The number of fused-ring (bicyclic) bond motifs is 1. The predicted molar refractivity (Wildman–Crippen MR) is 84.1 cm³/mol. The normalized spacial score (nSPS) is 11.8. The molecule has 0 saturated heterocycles. The third-order valence-electron chi connectivity index (χ3n) is 3.13. The molecule has 0 amide bonds. The highest BCUT2D eigenvalue weighted by Crippen LogP contribution is 2.24. The van der Waals surface area contributed by atoms with Crippen LogP contribution in [0.4, 0.5) is 5.82 Å². The first-order valence-corrected chi connectivity index (χ1v) is 6.87. The lowest BCUT2D eigenvalue weighted by Gasteiger charge is -2.28. The number of para-hydroxylation sites is 1. The summed E-state index contributed by atoms with van der Waals surface area (Å²) in [4.78, 5) is 6.77. The summed E-state index contributed by atoms with van der Waals surface area (Å²) < 4.78 is 0. The second kappa shape index (κ2) is 5.77. The number of hydrogen-bond donors (Lipinski definition) is 2. The largest absolute Gasteiger partial charge is 0.389 e. The Bertz CT molecular complexity index is 590. The van der Waals surface area contributed by atoms with E-state index in [1.165, 1.54) is 0 Å². The summed E-state index contributed by atoms with van der Waals surface area (Å²) in [6, 6.07) is 10.3. The molecule has 4 heteroatoms. The molecule has 1 heterocycles. The van der Waals surface area contributed by atoms with Crippen molar-refractivity contribution in [2.75, 3.05) is 25.5 Å². The van der Waals surface area contributed by atoms with Gasteiger partial charge in [0.25, 0.3) is 0 Å². The van der Waals surface area contributed by atoms with Gasteiger partial charge in [0.2, 0.25) is 0 Å². The van der Waals surface area contributed by atoms with Gasteiger partial charge in [-0.3, -0.25) is 0 Å². The first kappa shape index (κ1) is 14.8. The molecule has 4 nitrogen and oxygen atoms in total. The van der Waals surface area contributed by atoms with E-state index >= 15 is 0 Å². The highest BCUT2D eigenvalue weighted by Gasteiger charge is 2.19. The van der Waals surface area contributed by atoms with Crippen molar-refractivity contribution in [1.82, 2.24) is 10.3 Å². The zero-order valence-electron chi connectivity index (χ0n) is 12.6. The third kappa shape index (κ3) is 3.46. The number of pyridine rings is 1. The third-order valence-corrected chi connectivity index (χ3v) is 3.13. The smallest absolute Gasteiger partial charge is 0.133 e. The second-order valence-electron chi connectivity index (χ2n) is 5.86. The minimum Gasteiger partial charge on any atom is -0.389 e. The van der Waals surface area contributed by atoms with Gasteiger partial charge in [0.15, 0.2) is 0 Å². The van der Waals surface area contributed by atoms with Gasteiger partial charge in [-0.1, -0.05) is 18.2 Å². The fourth-order valence-corrected chi connectivity index (χ4v) is 2.46. The van der Waals surface area contributed by atoms with Crippen molar-refractivity contribution >= 4 is 16.7 Å². The van der Waals surface area contributed by atoms with Gasteiger partial charge in [0.1, 0.15) is 5.82 Å².